The molecule has 1 heterocycles. The number of carbonyl (C=O) groups excluding carboxylic acids is 2. The van der Waals surface area contributed by atoms with Gasteiger partial charge in [0.15, 0.2) is 0 Å². The quantitative estimate of drug-likeness (QED) is 0.816. The van der Waals surface area contributed by atoms with E-state index >= 15 is 0 Å². The van der Waals surface area contributed by atoms with Gasteiger partial charge in [-0.25, -0.2) is 4.79 Å². The highest BCUT2D eigenvalue weighted by atomic mass is 16.6. The average molecular weight is 262 g/mol. The Kier molecular flexibility index (Phi) is 3.46. The lowest BCUT2D eigenvalue weighted by atomic mass is 10.00. The molecule has 0 spiro atoms. The minimum absolute atomic E-state index is 0.103. The molecule has 5 heteroatoms. The zero-order valence-corrected chi connectivity index (χ0v) is 11.4. The maximum Gasteiger partial charge on any atom is 0.412 e. The summed E-state index contributed by atoms with van der Waals surface area (Å²) in [5, 5.41) is 5.40. The lowest BCUT2D eigenvalue weighted by molar-refractivity contribution is 0.0635. The monoisotopic (exact) mass is 262 g/mol. The minimum atomic E-state index is -0.546. The zero-order valence-electron chi connectivity index (χ0n) is 11.4. The summed E-state index contributed by atoms with van der Waals surface area (Å²) in [6.07, 6.45) is 0.289. The third-order valence-electron chi connectivity index (χ3n) is 2.68. The van der Waals surface area contributed by atoms with Crippen molar-refractivity contribution in [2.75, 3.05) is 11.9 Å². The van der Waals surface area contributed by atoms with Crippen molar-refractivity contribution in [1.29, 1.82) is 0 Å². The highest BCUT2D eigenvalue weighted by molar-refractivity contribution is 5.98. The Morgan fingerprint density at radius 1 is 1.37 bits per heavy atom. The fraction of sp³-hybridized carbons (Fsp3) is 0.429. The number of fused-ring (bicyclic) bond motifs is 1. The van der Waals surface area contributed by atoms with Gasteiger partial charge in [0.2, 0.25) is 0 Å². The molecule has 0 bridgehead atoms. The van der Waals surface area contributed by atoms with Crippen molar-refractivity contribution in [3.05, 3.63) is 29.3 Å². The van der Waals surface area contributed by atoms with Crippen LogP contribution in [0.15, 0.2) is 18.2 Å². The first kappa shape index (κ1) is 13.4. The molecule has 5 nitrogen and oxygen atoms in total. The standard InChI is InChI=1S/C14H18N2O3/c1-14(2,3)19-13(18)16-10-5-4-9-6-7-15-12(17)11(9)8-10/h4-5,8H,6-7H2,1-3H3,(H,15,17)(H,16,18). The van der Waals surface area contributed by atoms with Gasteiger partial charge >= 0.3 is 6.09 Å². The van der Waals surface area contributed by atoms with E-state index in [0.717, 1.165) is 12.0 Å². The largest absolute Gasteiger partial charge is 0.444 e. The van der Waals surface area contributed by atoms with Gasteiger partial charge in [0.1, 0.15) is 5.60 Å². The molecular formula is C14H18N2O3. The van der Waals surface area contributed by atoms with Gasteiger partial charge in [-0.15, -0.1) is 0 Å². The Labute approximate surface area is 112 Å². The molecule has 2 amide bonds. The predicted molar refractivity (Wildman–Crippen MR) is 72.3 cm³/mol. The van der Waals surface area contributed by atoms with Gasteiger partial charge in [0.05, 0.1) is 0 Å². The van der Waals surface area contributed by atoms with E-state index in [1.807, 2.05) is 6.07 Å². The van der Waals surface area contributed by atoms with E-state index in [9.17, 15) is 9.59 Å². The van der Waals surface area contributed by atoms with E-state index in [0.29, 0.717) is 17.8 Å². The van der Waals surface area contributed by atoms with Gasteiger partial charge in [0, 0.05) is 17.8 Å². The lowest BCUT2D eigenvalue weighted by Crippen LogP contribution is -2.32. The maximum absolute atomic E-state index is 11.7. The van der Waals surface area contributed by atoms with Crippen LogP contribution in [0.3, 0.4) is 0 Å². The van der Waals surface area contributed by atoms with Gasteiger partial charge in [0.25, 0.3) is 5.91 Å². The summed E-state index contributed by atoms with van der Waals surface area (Å²) < 4.78 is 5.16. The van der Waals surface area contributed by atoms with Gasteiger partial charge in [-0.05, 0) is 44.9 Å². The lowest BCUT2D eigenvalue weighted by Gasteiger charge is -2.21. The molecule has 1 aromatic rings. The molecule has 0 fully saturated rings. The molecule has 0 aromatic heterocycles. The molecule has 1 aromatic carbocycles. The smallest absolute Gasteiger partial charge is 0.412 e. The molecule has 0 radical (unpaired) electrons. The van der Waals surface area contributed by atoms with Crippen LogP contribution in [-0.2, 0) is 11.2 Å². The van der Waals surface area contributed by atoms with E-state index in [-0.39, 0.29) is 5.91 Å². The van der Waals surface area contributed by atoms with Gasteiger partial charge in [-0.3, -0.25) is 10.1 Å². The van der Waals surface area contributed by atoms with E-state index in [2.05, 4.69) is 10.6 Å². The summed E-state index contributed by atoms with van der Waals surface area (Å²) in [5.41, 5.74) is 1.62. The van der Waals surface area contributed by atoms with Crippen molar-refractivity contribution in [3.8, 4) is 0 Å². The van der Waals surface area contributed by atoms with Crippen LogP contribution < -0.4 is 10.6 Å². The van der Waals surface area contributed by atoms with Crippen LogP contribution in [0.4, 0.5) is 10.5 Å². The summed E-state index contributed by atoms with van der Waals surface area (Å²) in [6.45, 7) is 6.05. The first-order valence-electron chi connectivity index (χ1n) is 6.26. The summed E-state index contributed by atoms with van der Waals surface area (Å²) >= 11 is 0. The number of rotatable bonds is 1. The fourth-order valence-electron chi connectivity index (χ4n) is 1.91. The normalized spacial score (nSPS) is 14.4. The molecule has 2 rings (SSSR count). The summed E-state index contributed by atoms with van der Waals surface area (Å²) in [4.78, 5) is 23.3. The molecular weight excluding hydrogens is 244 g/mol. The summed E-state index contributed by atoms with van der Waals surface area (Å²) in [7, 11) is 0. The van der Waals surface area contributed by atoms with Gasteiger partial charge < -0.3 is 10.1 Å². The van der Waals surface area contributed by atoms with E-state index < -0.39 is 11.7 Å². The molecule has 0 saturated heterocycles. The molecule has 0 atom stereocenters. The summed E-state index contributed by atoms with van der Waals surface area (Å²) in [6, 6.07) is 5.32. The van der Waals surface area contributed by atoms with E-state index in [1.54, 1.807) is 32.9 Å². The van der Waals surface area contributed by atoms with E-state index in [1.165, 1.54) is 0 Å². The van der Waals surface area contributed by atoms with Crippen LogP contribution >= 0.6 is 0 Å². The molecule has 1 aliphatic rings. The SMILES string of the molecule is CC(C)(C)OC(=O)Nc1ccc2c(c1)C(=O)NCC2. The van der Waals surface area contributed by atoms with Crippen molar-refractivity contribution in [2.45, 2.75) is 32.8 Å². The first-order valence-corrected chi connectivity index (χ1v) is 6.26. The Balaban J connectivity index is 2.12. The molecule has 0 saturated carbocycles. The minimum Gasteiger partial charge on any atom is -0.444 e. The Morgan fingerprint density at radius 3 is 2.79 bits per heavy atom. The van der Waals surface area contributed by atoms with Gasteiger partial charge in [-0.1, -0.05) is 6.07 Å². The predicted octanol–water partition coefficient (Wildman–Crippen LogP) is 2.32. The number of carbonyl (C=O) groups is 2. The fourth-order valence-corrected chi connectivity index (χ4v) is 1.91. The van der Waals surface area contributed by atoms with Gasteiger partial charge in [-0.2, -0.15) is 0 Å². The molecule has 1 aliphatic heterocycles. The second-order valence-corrected chi connectivity index (χ2v) is 5.50. The van der Waals surface area contributed by atoms with Crippen molar-refractivity contribution in [1.82, 2.24) is 5.32 Å². The van der Waals surface area contributed by atoms with Crippen molar-refractivity contribution >= 4 is 17.7 Å². The second kappa shape index (κ2) is 4.91. The molecule has 0 unspecified atom stereocenters. The first-order chi connectivity index (χ1) is 8.85. The van der Waals surface area contributed by atoms with Crippen LogP contribution in [0.2, 0.25) is 0 Å². The Morgan fingerprint density at radius 2 is 2.11 bits per heavy atom. The summed E-state index contributed by atoms with van der Waals surface area (Å²) in [5.74, 6) is -0.103. The average Bonchev–Trinajstić information content (AvgIpc) is 2.27. The van der Waals surface area contributed by atoms with E-state index in [4.69, 9.17) is 4.74 Å². The Bertz CT molecular complexity index is 518. The highest BCUT2D eigenvalue weighted by Gasteiger charge is 2.19. The van der Waals surface area contributed by atoms with Crippen LogP contribution in [-0.4, -0.2) is 24.1 Å². The third kappa shape index (κ3) is 3.47. The molecule has 19 heavy (non-hydrogen) atoms. The molecule has 0 aliphatic carbocycles. The van der Waals surface area contributed by atoms with Crippen molar-refractivity contribution < 1.29 is 14.3 Å². The molecule has 102 valence electrons. The van der Waals surface area contributed by atoms with Crippen LogP contribution in [0.5, 0.6) is 0 Å². The zero-order chi connectivity index (χ0) is 14.0. The third-order valence-corrected chi connectivity index (χ3v) is 2.68. The second-order valence-electron chi connectivity index (χ2n) is 5.50. The van der Waals surface area contributed by atoms with Crippen LogP contribution in [0.25, 0.3) is 0 Å². The highest BCUT2D eigenvalue weighted by Crippen LogP contribution is 2.19. The number of benzene rings is 1. The topological polar surface area (TPSA) is 67.4 Å². The number of nitrogens with one attached hydrogen (secondary N) is 2. The number of hydrogen-bond acceptors (Lipinski definition) is 3. The maximum atomic E-state index is 11.7. The van der Waals surface area contributed by atoms with Crippen LogP contribution in [0.1, 0.15) is 36.7 Å². The molecule has 2 N–H and O–H groups in total. The van der Waals surface area contributed by atoms with Crippen LogP contribution in [0, 0.1) is 0 Å². The number of amides is 2. The number of ether oxygens (including phenoxy) is 1. The number of anilines is 1. The van der Waals surface area contributed by atoms with Crippen molar-refractivity contribution in [2.24, 2.45) is 0 Å². The number of hydrogen-bond donors (Lipinski definition) is 2. The van der Waals surface area contributed by atoms with Crippen molar-refractivity contribution in [3.63, 3.8) is 0 Å². The Hall–Kier alpha value is -2.04.